The topological polar surface area (TPSA) is 30.7 Å². The molecule has 20 heavy (non-hydrogen) atoms. The number of alkyl halides is 1. The second-order valence-electron chi connectivity index (χ2n) is 4.45. The van der Waals surface area contributed by atoms with E-state index in [0.29, 0.717) is 15.9 Å². The van der Waals surface area contributed by atoms with Crippen LogP contribution in [0.25, 0.3) is 16.9 Å². The number of nitrogens with zero attached hydrogens (tertiary/aromatic N) is 3. The summed E-state index contributed by atoms with van der Waals surface area (Å²) in [5.74, 6) is 0.618. The smallest absolute Gasteiger partial charge is 0.164 e. The molecular formula is C14H10BrClFN3. The second kappa shape index (κ2) is 5.14. The van der Waals surface area contributed by atoms with Crippen molar-refractivity contribution in [1.82, 2.24) is 14.5 Å². The number of hydrogen-bond donors (Lipinski definition) is 0. The third kappa shape index (κ3) is 2.21. The van der Waals surface area contributed by atoms with Gasteiger partial charge in [0.25, 0.3) is 0 Å². The van der Waals surface area contributed by atoms with Gasteiger partial charge < -0.3 is 0 Å². The lowest BCUT2D eigenvalue weighted by atomic mass is 10.3. The highest BCUT2D eigenvalue weighted by atomic mass is 79.9. The Morgan fingerprint density at radius 2 is 2.15 bits per heavy atom. The molecule has 0 amide bonds. The largest absolute Gasteiger partial charge is 0.279 e. The fourth-order valence-corrected chi connectivity index (χ4v) is 2.83. The first-order valence-corrected chi connectivity index (χ1v) is 7.28. The molecule has 0 bridgehead atoms. The molecule has 0 N–H and O–H groups in total. The number of aromatic nitrogens is 3. The van der Waals surface area contributed by atoms with Gasteiger partial charge >= 0.3 is 0 Å². The number of pyridine rings is 1. The van der Waals surface area contributed by atoms with Crippen LogP contribution in [-0.4, -0.2) is 14.5 Å². The van der Waals surface area contributed by atoms with Gasteiger partial charge in [-0.05, 0) is 52.7 Å². The minimum atomic E-state index is -0.304. The Kier molecular flexibility index (Phi) is 3.48. The Balaban J connectivity index is 2.34. The fourth-order valence-electron chi connectivity index (χ4n) is 2.12. The number of fused-ring (bicyclic) bond motifs is 1. The van der Waals surface area contributed by atoms with Gasteiger partial charge in [0.1, 0.15) is 17.2 Å². The molecule has 3 rings (SSSR count). The van der Waals surface area contributed by atoms with Gasteiger partial charge in [0, 0.05) is 10.7 Å². The maximum atomic E-state index is 13.2. The van der Waals surface area contributed by atoms with Crippen LogP contribution in [0.2, 0.25) is 0 Å². The first kappa shape index (κ1) is 13.5. The third-order valence-corrected chi connectivity index (χ3v) is 3.85. The highest BCUT2D eigenvalue weighted by Crippen LogP contribution is 2.27. The van der Waals surface area contributed by atoms with E-state index in [-0.39, 0.29) is 11.7 Å². The number of halogens is 3. The van der Waals surface area contributed by atoms with E-state index in [2.05, 4.69) is 25.9 Å². The predicted molar refractivity (Wildman–Crippen MR) is 80.8 cm³/mol. The van der Waals surface area contributed by atoms with Crippen LogP contribution in [0, 0.1) is 12.7 Å². The van der Waals surface area contributed by atoms with E-state index < -0.39 is 0 Å². The summed E-state index contributed by atoms with van der Waals surface area (Å²) in [5, 5.41) is 0. The Labute approximate surface area is 128 Å². The summed E-state index contributed by atoms with van der Waals surface area (Å²) in [7, 11) is 0. The van der Waals surface area contributed by atoms with Gasteiger partial charge in [-0.15, -0.1) is 11.6 Å². The molecule has 0 aliphatic carbocycles. The molecule has 3 nitrogen and oxygen atoms in total. The zero-order valence-corrected chi connectivity index (χ0v) is 12.9. The van der Waals surface area contributed by atoms with Crippen LogP contribution in [0.5, 0.6) is 0 Å². The molecule has 0 radical (unpaired) electrons. The summed E-state index contributed by atoms with van der Waals surface area (Å²) in [5.41, 5.74) is 3.28. The van der Waals surface area contributed by atoms with Crippen molar-refractivity contribution in [2.75, 3.05) is 0 Å². The van der Waals surface area contributed by atoms with Crippen molar-refractivity contribution < 1.29 is 4.39 Å². The number of aryl methyl sites for hydroxylation is 1. The predicted octanol–water partition coefficient (Wildman–Crippen LogP) is 4.37. The van der Waals surface area contributed by atoms with Gasteiger partial charge in [-0.2, -0.15) is 0 Å². The van der Waals surface area contributed by atoms with E-state index in [1.165, 1.54) is 12.1 Å². The Bertz CT molecular complexity index is 800. The molecule has 0 unspecified atom stereocenters. The van der Waals surface area contributed by atoms with Crippen molar-refractivity contribution in [2.24, 2.45) is 0 Å². The minimum absolute atomic E-state index is 0.249. The average Bonchev–Trinajstić information content (AvgIpc) is 2.76. The minimum Gasteiger partial charge on any atom is -0.279 e. The van der Waals surface area contributed by atoms with Crippen molar-refractivity contribution >= 4 is 38.7 Å². The molecule has 0 spiro atoms. The van der Waals surface area contributed by atoms with Crippen LogP contribution in [-0.2, 0) is 5.88 Å². The molecule has 102 valence electrons. The molecular weight excluding hydrogens is 345 g/mol. The highest BCUT2D eigenvalue weighted by molar-refractivity contribution is 9.10. The molecule has 2 heterocycles. The Morgan fingerprint density at radius 1 is 1.35 bits per heavy atom. The van der Waals surface area contributed by atoms with E-state index >= 15 is 0 Å². The highest BCUT2D eigenvalue weighted by Gasteiger charge is 2.15. The van der Waals surface area contributed by atoms with Gasteiger partial charge in [-0.3, -0.25) is 4.57 Å². The normalized spacial score (nSPS) is 11.2. The maximum Gasteiger partial charge on any atom is 0.164 e. The molecule has 0 fully saturated rings. The van der Waals surface area contributed by atoms with Gasteiger partial charge in [-0.1, -0.05) is 0 Å². The van der Waals surface area contributed by atoms with E-state index in [1.807, 2.05) is 17.6 Å². The van der Waals surface area contributed by atoms with Crippen molar-refractivity contribution in [3.63, 3.8) is 0 Å². The maximum absolute atomic E-state index is 13.2. The first-order valence-electron chi connectivity index (χ1n) is 5.95. The van der Waals surface area contributed by atoms with Crippen LogP contribution < -0.4 is 0 Å². The lowest BCUT2D eigenvalue weighted by molar-refractivity contribution is 0.626. The zero-order chi connectivity index (χ0) is 14.3. The number of imidazole rings is 1. The standard InChI is InChI=1S/C14H10BrClFN3/c1-8-4-11-14(18-7-8)20(13(6-16)19-11)12-3-2-9(17)5-10(12)15/h2-5,7H,6H2,1H3. The summed E-state index contributed by atoms with van der Waals surface area (Å²) >= 11 is 9.35. The first-order chi connectivity index (χ1) is 9.60. The van der Waals surface area contributed by atoms with Crippen LogP contribution in [0.15, 0.2) is 34.9 Å². The summed E-state index contributed by atoms with van der Waals surface area (Å²) in [6.07, 6.45) is 1.77. The van der Waals surface area contributed by atoms with Crippen LogP contribution in [0.3, 0.4) is 0 Å². The molecule has 0 atom stereocenters. The van der Waals surface area contributed by atoms with E-state index in [9.17, 15) is 4.39 Å². The molecule has 1 aromatic carbocycles. The van der Waals surface area contributed by atoms with Crippen LogP contribution in [0.4, 0.5) is 4.39 Å². The lowest BCUT2D eigenvalue weighted by Crippen LogP contribution is -2.01. The second-order valence-corrected chi connectivity index (χ2v) is 5.57. The zero-order valence-electron chi connectivity index (χ0n) is 10.6. The summed E-state index contributed by atoms with van der Waals surface area (Å²) in [6, 6.07) is 6.44. The van der Waals surface area contributed by atoms with Crippen molar-refractivity contribution in [2.45, 2.75) is 12.8 Å². The third-order valence-electron chi connectivity index (χ3n) is 2.97. The molecule has 0 aliphatic rings. The molecule has 0 aliphatic heterocycles. The molecule has 0 saturated carbocycles. The van der Waals surface area contributed by atoms with Crippen molar-refractivity contribution in [3.8, 4) is 5.69 Å². The van der Waals surface area contributed by atoms with E-state index in [1.54, 1.807) is 12.3 Å². The van der Waals surface area contributed by atoms with E-state index in [0.717, 1.165) is 16.8 Å². The van der Waals surface area contributed by atoms with E-state index in [4.69, 9.17) is 11.6 Å². The Hall–Kier alpha value is -1.46. The lowest BCUT2D eigenvalue weighted by Gasteiger charge is -2.09. The molecule has 2 aromatic heterocycles. The van der Waals surface area contributed by atoms with Gasteiger partial charge in [0.15, 0.2) is 5.65 Å². The number of benzene rings is 1. The monoisotopic (exact) mass is 353 g/mol. The van der Waals surface area contributed by atoms with Gasteiger partial charge in [-0.25, -0.2) is 14.4 Å². The van der Waals surface area contributed by atoms with Gasteiger partial charge in [0.2, 0.25) is 0 Å². The van der Waals surface area contributed by atoms with Crippen molar-refractivity contribution in [1.29, 1.82) is 0 Å². The van der Waals surface area contributed by atoms with Crippen LogP contribution >= 0.6 is 27.5 Å². The summed E-state index contributed by atoms with van der Waals surface area (Å²) in [4.78, 5) is 8.90. The molecule has 6 heteroatoms. The number of hydrogen-bond acceptors (Lipinski definition) is 2. The summed E-state index contributed by atoms with van der Waals surface area (Å²) in [6.45, 7) is 1.96. The summed E-state index contributed by atoms with van der Waals surface area (Å²) < 4.78 is 15.7. The molecule has 3 aromatic rings. The van der Waals surface area contributed by atoms with Crippen LogP contribution in [0.1, 0.15) is 11.4 Å². The fraction of sp³-hybridized carbons (Fsp3) is 0.143. The SMILES string of the molecule is Cc1cnc2c(c1)nc(CCl)n2-c1ccc(F)cc1Br. The van der Waals surface area contributed by atoms with Crippen molar-refractivity contribution in [3.05, 3.63) is 52.1 Å². The number of rotatable bonds is 2. The molecule has 0 saturated heterocycles. The quantitative estimate of drug-likeness (QED) is 0.640. The Morgan fingerprint density at radius 3 is 2.85 bits per heavy atom. The van der Waals surface area contributed by atoms with Gasteiger partial charge in [0.05, 0.1) is 11.6 Å². The average molecular weight is 355 g/mol.